The molecule has 7 nitrogen and oxygen atoms in total. The van der Waals surface area contributed by atoms with Gasteiger partial charge in [0.2, 0.25) is 10.0 Å². The molecule has 4 aromatic carbocycles. The fraction of sp³-hybridized carbons (Fsp3) is 0.179. The van der Waals surface area contributed by atoms with Crippen LogP contribution in [0.25, 0.3) is 10.8 Å². The summed E-state index contributed by atoms with van der Waals surface area (Å²) in [5.41, 5.74) is 1.75. The number of phenolic OH excluding ortho intramolecular Hbond substituents is 1. The van der Waals surface area contributed by atoms with Crippen molar-refractivity contribution in [2.75, 3.05) is 19.0 Å². The number of rotatable bonds is 7. The molecule has 10 heteroatoms. The topological polar surface area (TPSA) is 110 Å². The van der Waals surface area contributed by atoms with Crippen LogP contribution in [0.2, 0.25) is 0 Å². The summed E-state index contributed by atoms with van der Waals surface area (Å²) in [6.07, 6.45) is 0. The smallest absolute Gasteiger partial charge is 0.239 e. The molecule has 0 radical (unpaired) electrons. The molecule has 0 unspecified atom stereocenters. The molecule has 0 aromatic heterocycles. The predicted octanol–water partition coefficient (Wildman–Crippen LogP) is 6.93. The SMILES string of the molecule is CC(C)c1cc(Oc2c(Br)cc(C(=O)c3ccc4c(N(C)C)cccc4c3S(N)(=O)=O)cc2Br)ccc1O. The van der Waals surface area contributed by atoms with Gasteiger partial charge >= 0.3 is 0 Å². The molecule has 4 rings (SSSR count). The minimum absolute atomic E-state index is 0.0246. The lowest BCUT2D eigenvalue weighted by Crippen LogP contribution is -2.18. The maximum Gasteiger partial charge on any atom is 0.239 e. The number of phenols is 1. The number of halogens is 2. The lowest BCUT2D eigenvalue weighted by Gasteiger charge is -2.18. The number of sulfonamides is 1. The van der Waals surface area contributed by atoms with Crippen molar-refractivity contribution < 1.29 is 23.1 Å². The van der Waals surface area contributed by atoms with Crippen LogP contribution >= 0.6 is 31.9 Å². The Morgan fingerprint density at radius 3 is 2.21 bits per heavy atom. The summed E-state index contributed by atoms with van der Waals surface area (Å²) in [6.45, 7) is 3.93. The lowest BCUT2D eigenvalue weighted by atomic mass is 9.98. The van der Waals surface area contributed by atoms with Crippen LogP contribution in [0.1, 0.15) is 41.3 Å². The quantitative estimate of drug-likeness (QED) is 0.208. The average molecular weight is 662 g/mol. The van der Waals surface area contributed by atoms with Crippen LogP contribution in [0.15, 0.2) is 74.5 Å². The van der Waals surface area contributed by atoms with E-state index in [-0.39, 0.29) is 27.7 Å². The molecule has 0 amide bonds. The zero-order valence-electron chi connectivity index (χ0n) is 21.1. The Bertz CT molecular complexity index is 1660. The first-order valence-corrected chi connectivity index (χ1v) is 14.7. The van der Waals surface area contributed by atoms with Crippen LogP contribution in [0.5, 0.6) is 17.2 Å². The molecule has 0 aliphatic heterocycles. The van der Waals surface area contributed by atoms with E-state index in [9.17, 15) is 18.3 Å². The number of hydrogen-bond donors (Lipinski definition) is 2. The second-order valence-electron chi connectivity index (χ2n) is 9.33. The molecular weight excluding hydrogens is 636 g/mol. The minimum Gasteiger partial charge on any atom is -0.508 e. The van der Waals surface area contributed by atoms with Gasteiger partial charge in [-0.05, 0) is 80.2 Å². The third kappa shape index (κ3) is 5.44. The Morgan fingerprint density at radius 1 is 0.974 bits per heavy atom. The number of benzene rings is 4. The zero-order valence-corrected chi connectivity index (χ0v) is 25.1. The second-order valence-corrected chi connectivity index (χ2v) is 12.5. The van der Waals surface area contributed by atoms with Gasteiger partial charge in [0, 0.05) is 47.2 Å². The maximum atomic E-state index is 13.7. The molecule has 0 heterocycles. The van der Waals surface area contributed by atoms with Crippen molar-refractivity contribution in [2.45, 2.75) is 24.7 Å². The standard InChI is InChI=1S/C28H26Br2N2O5S/c1-15(2)21-14-17(8-11-25(21)33)37-27-22(29)12-16(13-23(27)30)26(34)20-10-9-18-19(28(20)38(31,35)36)6-5-7-24(18)32(3)4/h5-15,33H,1-4H3,(H2,31,35,36). The molecule has 38 heavy (non-hydrogen) atoms. The van der Waals surface area contributed by atoms with Gasteiger partial charge in [0.25, 0.3) is 0 Å². The summed E-state index contributed by atoms with van der Waals surface area (Å²) < 4.78 is 32.5. The van der Waals surface area contributed by atoms with Crippen LogP contribution in [0.3, 0.4) is 0 Å². The van der Waals surface area contributed by atoms with Gasteiger partial charge < -0.3 is 14.7 Å². The van der Waals surface area contributed by atoms with E-state index in [2.05, 4.69) is 31.9 Å². The van der Waals surface area contributed by atoms with E-state index in [4.69, 9.17) is 9.88 Å². The number of ketones is 1. The van der Waals surface area contributed by atoms with E-state index in [1.54, 1.807) is 48.5 Å². The van der Waals surface area contributed by atoms with E-state index in [1.165, 1.54) is 6.07 Å². The van der Waals surface area contributed by atoms with Gasteiger partial charge in [-0.15, -0.1) is 0 Å². The Kier molecular flexibility index (Phi) is 7.90. The van der Waals surface area contributed by atoms with E-state index >= 15 is 0 Å². The van der Waals surface area contributed by atoms with Crippen molar-refractivity contribution in [2.24, 2.45) is 5.14 Å². The van der Waals surface area contributed by atoms with Crippen molar-refractivity contribution in [1.82, 2.24) is 0 Å². The van der Waals surface area contributed by atoms with E-state index in [0.29, 0.717) is 31.2 Å². The Morgan fingerprint density at radius 2 is 1.63 bits per heavy atom. The number of aromatic hydroxyl groups is 1. The van der Waals surface area contributed by atoms with Crippen molar-refractivity contribution in [3.05, 3.63) is 86.3 Å². The van der Waals surface area contributed by atoms with Gasteiger partial charge in [-0.1, -0.05) is 32.0 Å². The molecule has 0 aliphatic rings. The molecule has 0 spiro atoms. The van der Waals surface area contributed by atoms with Crippen LogP contribution < -0.4 is 14.8 Å². The number of anilines is 1. The van der Waals surface area contributed by atoms with Crippen LogP contribution in [0.4, 0.5) is 5.69 Å². The molecule has 4 aromatic rings. The highest BCUT2D eigenvalue weighted by Gasteiger charge is 2.26. The number of nitrogens with zero attached hydrogens (tertiary/aromatic N) is 1. The first kappa shape index (κ1) is 28.1. The number of primary sulfonamides is 1. The highest BCUT2D eigenvalue weighted by atomic mass is 79.9. The normalized spacial score (nSPS) is 11.7. The molecule has 0 saturated heterocycles. The van der Waals surface area contributed by atoms with Crippen molar-refractivity contribution in [3.63, 3.8) is 0 Å². The Hall–Kier alpha value is -2.92. The largest absolute Gasteiger partial charge is 0.508 e. The minimum atomic E-state index is -4.25. The van der Waals surface area contributed by atoms with Crippen LogP contribution in [0, 0.1) is 0 Å². The number of carbonyl (C=O) groups excluding carboxylic acids is 1. The molecule has 198 valence electrons. The highest BCUT2D eigenvalue weighted by Crippen LogP contribution is 2.41. The molecule has 0 saturated carbocycles. The summed E-state index contributed by atoms with van der Waals surface area (Å²) in [5, 5.41) is 16.8. The van der Waals surface area contributed by atoms with Gasteiger partial charge in [-0.25, -0.2) is 13.6 Å². The highest BCUT2D eigenvalue weighted by molar-refractivity contribution is 9.11. The molecular formula is C28H26Br2N2O5S. The Labute approximate surface area is 238 Å². The number of hydrogen-bond acceptors (Lipinski definition) is 6. The fourth-order valence-corrected chi connectivity index (χ4v) is 6.61. The third-order valence-corrected chi connectivity index (χ3v) is 8.29. The molecule has 0 atom stereocenters. The first-order valence-electron chi connectivity index (χ1n) is 11.6. The fourth-order valence-electron chi connectivity index (χ4n) is 4.31. The van der Waals surface area contributed by atoms with Crippen molar-refractivity contribution in [3.8, 4) is 17.2 Å². The molecule has 0 bridgehead atoms. The summed E-state index contributed by atoms with van der Waals surface area (Å²) >= 11 is 6.95. The predicted molar refractivity (Wildman–Crippen MR) is 157 cm³/mol. The van der Waals surface area contributed by atoms with Gasteiger partial charge in [0.05, 0.1) is 8.95 Å². The maximum absolute atomic E-state index is 13.7. The van der Waals surface area contributed by atoms with Crippen LogP contribution in [-0.2, 0) is 10.0 Å². The van der Waals surface area contributed by atoms with E-state index < -0.39 is 15.8 Å². The van der Waals surface area contributed by atoms with Crippen LogP contribution in [-0.4, -0.2) is 33.4 Å². The molecule has 0 fully saturated rings. The molecule has 0 aliphatic carbocycles. The number of nitrogens with two attached hydrogens (primary N) is 1. The first-order chi connectivity index (χ1) is 17.8. The number of fused-ring (bicyclic) bond motifs is 1. The van der Waals surface area contributed by atoms with Gasteiger partial charge in [0.15, 0.2) is 11.5 Å². The lowest BCUT2D eigenvalue weighted by molar-refractivity contribution is 0.103. The number of carbonyl (C=O) groups is 1. The van der Waals surface area contributed by atoms with E-state index in [0.717, 1.165) is 11.3 Å². The Balaban J connectivity index is 1.80. The summed E-state index contributed by atoms with van der Waals surface area (Å²) in [7, 11) is -0.543. The van der Waals surface area contributed by atoms with Crippen molar-refractivity contribution in [1.29, 1.82) is 0 Å². The molecule has 3 N–H and O–H groups in total. The summed E-state index contributed by atoms with van der Waals surface area (Å²) in [5.74, 6) is 0.697. The number of ether oxygens (including phenoxy) is 1. The average Bonchev–Trinajstić information content (AvgIpc) is 2.84. The van der Waals surface area contributed by atoms with Gasteiger partial charge in [0.1, 0.15) is 16.4 Å². The second kappa shape index (κ2) is 10.7. The monoisotopic (exact) mass is 660 g/mol. The van der Waals surface area contributed by atoms with Gasteiger partial charge in [-0.3, -0.25) is 4.79 Å². The summed E-state index contributed by atoms with van der Waals surface area (Å²) in [6, 6.07) is 16.6. The zero-order chi connectivity index (χ0) is 27.9. The van der Waals surface area contributed by atoms with Gasteiger partial charge in [-0.2, -0.15) is 0 Å². The summed E-state index contributed by atoms with van der Waals surface area (Å²) in [4.78, 5) is 15.3. The van der Waals surface area contributed by atoms with Crippen molar-refractivity contribution >= 4 is 64.1 Å². The third-order valence-electron chi connectivity index (χ3n) is 6.10. The van der Waals surface area contributed by atoms with E-state index in [1.807, 2.05) is 38.9 Å².